The number of piperidine rings is 1. The maximum Gasteiger partial charge on any atom is 0.305 e. The lowest BCUT2D eigenvalue weighted by molar-refractivity contribution is -0.137. The molecule has 0 saturated carbocycles. The molecule has 1 aromatic rings. The molecule has 1 saturated heterocycles. The molecule has 2 atom stereocenters. The summed E-state index contributed by atoms with van der Waals surface area (Å²) >= 11 is 0. The van der Waals surface area contributed by atoms with Crippen molar-refractivity contribution >= 4 is 16.0 Å². The van der Waals surface area contributed by atoms with Gasteiger partial charge in [-0.1, -0.05) is 6.42 Å². The molecule has 1 aromatic heterocycles. The zero-order chi connectivity index (χ0) is 15.6. The number of sulfonamides is 1. The molecular weight excluding hydrogens is 294 g/mol. The molecule has 0 spiro atoms. The Hall–Kier alpha value is -1.41. The van der Waals surface area contributed by atoms with Crippen LogP contribution in [0.1, 0.15) is 39.5 Å². The SMILES string of the molecule is C[C@@H]1CCC[C@H](C)N1S(=O)(=O)c1cnn(CCC(=O)O)c1. The molecule has 0 unspecified atom stereocenters. The lowest BCUT2D eigenvalue weighted by Gasteiger charge is -2.37. The quantitative estimate of drug-likeness (QED) is 0.884. The third-order valence-electron chi connectivity index (χ3n) is 3.85. The molecule has 0 bridgehead atoms. The van der Waals surface area contributed by atoms with Crippen molar-refractivity contribution in [2.75, 3.05) is 0 Å². The Morgan fingerprint density at radius 2 is 2.00 bits per heavy atom. The molecule has 2 heterocycles. The van der Waals surface area contributed by atoms with Crippen molar-refractivity contribution in [3.8, 4) is 0 Å². The largest absolute Gasteiger partial charge is 0.481 e. The van der Waals surface area contributed by atoms with E-state index in [1.807, 2.05) is 13.8 Å². The van der Waals surface area contributed by atoms with Crippen LogP contribution in [0.4, 0.5) is 0 Å². The molecule has 7 nitrogen and oxygen atoms in total. The summed E-state index contributed by atoms with van der Waals surface area (Å²) in [6.45, 7) is 4.00. The highest BCUT2D eigenvalue weighted by Crippen LogP contribution is 2.29. The van der Waals surface area contributed by atoms with Gasteiger partial charge in [0.05, 0.1) is 19.2 Å². The fourth-order valence-electron chi connectivity index (χ4n) is 2.80. The second-order valence-corrected chi connectivity index (χ2v) is 7.39. The molecule has 0 radical (unpaired) electrons. The molecule has 118 valence electrons. The van der Waals surface area contributed by atoms with E-state index < -0.39 is 16.0 Å². The van der Waals surface area contributed by atoms with Crippen LogP contribution in [0, 0.1) is 0 Å². The first-order valence-electron chi connectivity index (χ1n) is 7.10. The van der Waals surface area contributed by atoms with Gasteiger partial charge in [-0.3, -0.25) is 9.48 Å². The summed E-state index contributed by atoms with van der Waals surface area (Å²) in [5, 5.41) is 12.6. The van der Waals surface area contributed by atoms with Crippen molar-refractivity contribution < 1.29 is 18.3 Å². The second kappa shape index (κ2) is 6.15. The van der Waals surface area contributed by atoms with Gasteiger partial charge in [-0.05, 0) is 26.7 Å². The zero-order valence-electron chi connectivity index (χ0n) is 12.3. The topological polar surface area (TPSA) is 92.5 Å². The van der Waals surface area contributed by atoms with Gasteiger partial charge in [0.1, 0.15) is 4.90 Å². The van der Waals surface area contributed by atoms with Gasteiger partial charge < -0.3 is 5.11 Å². The van der Waals surface area contributed by atoms with E-state index in [1.54, 1.807) is 4.31 Å². The average molecular weight is 315 g/mol. The summed E-state index contributed by atoms with van der Waals surface area (Å²) in [7, 11) is -3.58. The maximum absolute atomic E-state index is 12.7. The smallest absolute Gasteiger partial charge is 0.305 e. The van der Waals surface area contributed by atoms with Crippen molar-refractivity contribution in [1.82, 2.24) is 14.1 Å². The summed E-state index contributed by atoms with van der Waals surface area (Å²) in [5.74, 6) is -0.937. The zero-order valence-corrected chi connectivity index (χ0v) is 13.1. The first-order valence-corrected chi connectivity index (χ1v) is 8.54. The van der Waals surface area contributed by atoms with E-state index in [0.29, 0.717) is 0 Å². The monoisotopic (exact) mass is 315 g/mol. The van der Waals surface area contributed by atoms with E-state index in [9.17, 15) is 13.2 Å². The van der Waals surface area contributed by atoms with E-state index >= 15 is 0 Å². The number of nitrogens with zero attached hydrogens (tertiary/aromatic N) is 3. The molecule has 1 N–H and O–H groups in total. The van der Waals surface area contributed by atoms with E-state index in [0.717, 1.165) is 19.3 Å². The van der Waals surface area contributed by atoms with Gasteiger partial charge >= 0.3 is 5.97 Å². The van der Waals surface area contributed by atoms with E-state index in [2.05, 4.69) is 5.10 Å². The highest BCUT2D eigenvalue weighted by Gasteiger charge is 2.36. The normalized spacial score (nSPS) is 24.1. The Balaban J connectivity index is 2.21. The van der Waals surface area contributed by atoms with E-state index in [-0.39, 0.29) is 29.9 Å². The van der Waals surface area contributed by atoms with Crippen LogP contribution < -0.4 is 0 Å². The highest BCUT2D eigenvalue weighted by molar-refractivity contribution is 7.89. The summed E-state index contributed by atoms with van der Waals surface area (Å²) in [4.78, 5) is 10.7. The summed E-state index contributed by atoms with van der Waals surface area (Å²) in [6, 6.07) is -0.0535. The molecule has 0 aromatic carbocycles. The van der Waals surface area contributed by atoms with Crippen molar-refractivity contribution in [2.45, 2.75) is 63.1 Å². The number of aryl methyl sites for hydroxylation is 1. The Bertz CT molecular complexity index is 601. The summed E-state index contributed by atoms with van der Waals surface area (Å²) in [5.41, 5.74) is 0. The predicted octanol–water partition coefficient (Wildman–Crippen LogP) is 1.31. The molecule has 0 aliphatic carbocycles. The lowest BCUT2D eigenvalue weighted by atomic mass is 10.0. The van der Waals surface area contributed by atoms with Gasteiger partial charge in [0.2, 0.25) is 10.0 Å². The first-order chi connectivity index (χ1) is 9.82. The van der Waals surface area contributed by atoms with Crippen molar-refractivity contribution in [3.05, 3.63) is 12.4 Å². The highest BCUT2D eigenvalue weighted by atomic mass is 32.2. The second-order valence-electron chi connectivity index (χ2n) is 5.55. The minimum absolute atomic E-state index is 0.0267. The minimum atomic E-state index is -3.58. The number of rotatable bonds is 5. The van der Waals surface area contributed by atoms with Gasteiger partial charge in [-0.25, -0.2) is 8.42 Å². The van der Waals surface area contributed by atoms with Crippen LogP contribution in [0.25, 0.3) is 0 Å². The minimum Gasteiger partial charge on any atom is -0.481 e. The predicted molar refractivity (Wildman–Crippen MR) is 76.3 cm³/mol. The molecule has 1 aliphatic rings. The van der Waals surface area contributed by atoms with Crippen molar-refractivity contribution in [3.63, 3.8) is 0 Å². The van der Waals surface area contributed by atoms with Crippen molar-refractivity contribution in [1.29, 1.82) is 0 Å². The Labute approximate surface area is 124 Å². The van der Waals surface area contributed by atoms with Gasteiger partial charge in [-0.2, -0.15) is 9.40 Å². The average Bonchev–Trinajstić information content (AvgIpc) is 2.85. The van der Waals surface area contributed by atoms with Crippen LogP contribution in [0.3, 0.4) is 0 Å². The van der Waals surface area contributed by atoms with Crippen LogP contribution >= 0.6 is 0 Å². The fourth-order valence-corrected chi connectivity index (χ4v) is 4.64. The number of aromatic nitrogens is 2. The summed E-state index contributed by atoms with van der Waals surface area (Å²) < 4.78 is 28.3. The lowest BCUT2D eigenvalue weighted by Crippen LogP contribution is -2.47. The van der Waals surface area contributed by atoms with Crippen LogP contribution in [0.2, 0.25) is 0 Å². The Kier molecular flexibility index (Phi) is 4.67. The molecule has 0 amide bonds. The number of aliphatic carboxylic acids is 1. The molecule has 21 heavy (non-hydrogen) atoms. The summed E-state index contributed by atoms with van der Waals surface area (Å²) in [6.07, 6.45) is 5.37. The molecule has 8 heteroatoms. The standard InChI is InChI=1S/C13H21N3O4S/c1-10-4-3-5-11(2)16(10)21(19,20)12-8-14-15(9-12)7-6-13(17)18/h8-11H,3-7H2,1-2H3,(H,17,18)/t10-,11+. The Morgan fingerprint density at radius 1 is 1.38 bits per heavy atom. The first kappa shape index (κ1) is 16.0. The van der Waals surface area contributed by atoms with Gasteiger partial charge in [-0.15, -0.1) is 0 Å². The van der Waals surface area contributed by atoms with Crippen LogP contribution in [0.15, 0.2) is 17.3 Å². The van der Waals surface area contributed by atoms with E-state index in [1.165, 1.54) is 17.1 Å². The maximum atomic E-state index is 12.7. The van der Waals surface area contributed by atoms with Crippen LogP contribution in [-0.2, 0) is 21.4 Å². The van der Waals surface area contributed by atoms with Gasteiger partial charge in [0.15, 0.2) is 0 Å². The fraction of sp³-hybridized carbons (Fsp3) is 0.692. The number of carboxylic acid groups (broad SMARTS) is 1. The molecule has 1 aliphatic heterocycles. The van der Waals surface area contributed by atoms with Gasteiger partial charge in [0.25, 0.3) is 0 Å². The van der Waals surface area contributed by atoms with Crippen LogP contribution in [0.5, 0.6) is 0 Å². The number of carboxylic acids is 1. The molecular formula is C13H21N3O4S. The van der Waals surface area contributed by atoms with Gasteiger partial charge in [0, 0.05) is 18.3 Å². The molecule has 1 fully saturated rings. The Morgan fingerprint density at radius 3 is 2.57 bits per heavy atom. The number of hydrogen-bond acceptors (Lipinski definition) is 4. The third-order valence-corrected chi connectivity index (χ3v) is 5.93. The number of hydrogen-bond donors (Lipinski definition) is 1. The van der Waals surface area contributed by atoms with Crippen molar-refractivity contribution in [2.24, 2.45) is 0 Å². The number of carbonyl (C=O) groups is 1. The molecule has 2 rings (SSSR count). The van der Waals surface area contributed by atoms with Crippen LogP contribution in [-0.4, -0.2) is 45.7 Å². The van der Waals surface area contributed by atoms with E-state index in [4.69, 9.17) is 5.11 Å². The third kappa shape index (κ3) is 3.44.